The van der Waals surface area contributed by atoms with Crippen LogP contribution in [0.25, 0.3) is 0 Å². The Morgan fingerprint density at radius 1 is 1.50 bits per heavy atom. The van der Waals surface area contributed by atoms with Crippen molar-refractivity contribution < 1.29 is 4.74 Å². The molecule has 2 atom stereocenters. The molecule has 63 valence electrons. The molecular weight excluding hydrogens is 148 g/mol. The fourth-order valence-corrected chi connectivity index (χ4v) is 1.55. The van der Waals surface area contributed by atoms with Crippen molar-refractivity contribution in [1.29, 1.82) is 0 Å². The van der Waals surface area contributed by atoms with Crippen LogP contribution in [0, 0.1) is 12.0 Å². The van der Waals surface area contributed by atoms with Crippen molar-refractivity contribution >= 4 is 0 Å². The average molecular weight is 161 g/mol. The third-order valence-electron chi connectivity index (χ3n) is 2.56. The molecule has 0 N–H and O–H groups in total. The Hall–Kier alpha value is -0.980. The molecule has 1 aromatic rings. The zero-order valence-corrected chi connectivity index (χ0v) is 7.50. The van der Waals surface area contributed by atoms with Crippen molar-refractivity contribution in [2.24, 2.45) is 5.92 Å². The first-order valence-corrected chi connectivity index (χ1v) is 4.43. The Labute approximate surface area is 73.4 Å². The average Bonchev–Trinajstić information content (AvgIpc) is 2.07. The van der Waals surface area contributed by atoms with Crippen molar-refractivity contribution in [2.45, 2.75) is 26.4 Å². The molecule has 0 bridgehead atoms. The quantitative estimate of drug-likeness (QED) is 0.568. The number of benzene rings is 1. The van der Waals surface area contributed by atoms with Crippen LogP contribution in [0.5, 0.6) is 5.75 Å². The summed E-state index contributed by atoms with van der Waals surface area (Å²) in [6.07, 6.45) is 1.47. The molecule has 0 saturated carbocycles. The number of rotatable bonds is 0. The summed E-state index contributed by atoms with van der Waals surface area (Å²) in [5.41, 5.74) is 1.29. The van der Waals surface area contributed by atoms with Gasteiger partial charge in [0.2, 0.25) is 0 Å². The van der Waals surface area contributed by atoms with Crippen molar-refractivity contribution in [2.75, 3.05) is 0 Å². The van der Waals surface area contributed by atoms with Crippen LogP contribution >= 0.6 is 0 Å². The van der Waals surface area contributed by atoms with Crippen LogP contribution in [0.1, 0.15) is 19.4 Å². The van der Waals surface area contributed by atoms with Gasteiger partial charge in [0.1, 0.15) is 5.75 Å². The highest BCUT2D eigenvalue weighted by atomic mass is 16.5. The van der Waals surface area contributed by atoms with E-state index in [1.165, 1.54) is 5.56 Å². The van der Waals surface area contributed by atoms with Crippen LogP contribution in [0.2, 0.25) is 0 Å². The molecule has 0 fully saturated rings. The fourth-order valence-electron chi connectivity index (χ4n) is 1.55. The molecule has 0 aliphatic carbocycles. The third-order valence-corrected chi connectivity index (χ3v) is 2.56. The van der Waals surface area contributed by atoms with Gasteiger partial charge in [-0.05, 0) is 43.0 Å². The summed E-state index contributed by atoms with van der Waals surface area (Å²) in [5.74, 6) is 1.66. The minimum absolute atomic E-state index is 0.347. The van der Waals surface area contributed by atoms with Crippen molar-refractivity contribution in [3.8, 4) is 5.75 Å². The van der Waals surface area contributed by atoms with Gasteiger partial charge in [-0.15, -0.1) is 0 Å². The molecule has 0 saturated heterocycles. The van der Waals surface area contributed by atoms with Gasteiger partial charge in [0.25, 0.3) is 0 Å². The summed E-state index contributed by atoms with van der Waals surface area (Å²) in [5, 5.41) is 0. The summed E-state index contributed by atoms with van der Waals surface area (Å²) in [6, 6.07) is 9.00. The maximum absolute atomic E-state index is 5.72. The second-order valence-corrected chi connectivity index (χ2v) is 3.54. The summed E-state index contributed by atoms with van der Waals surface area (Å²) in [6.45, 7) is 4.35. The van der Waals surface area contributed by atoms with Crippen molar-refractivity contribution in [3.05, 3.63) is 29.8 Å². The lowest BCUT2D eigenvalue weighted by Gasteiger charge is -2.28. The fraction of sp³-hybridized carbons (Fsp3) is 0.455. The van der Waals surface area contributed by atoms with E-state index in [2.05, 4.69) is 19.9 Å². The largest absolute Gasteiger partial charge is 0.490 e. The molecule has 1 heterocycles. The molecule has 12 heavy (non-hydrogen) atoms. The van der Waals surface area contributed by atoms with Gasteiger partial charge in [-0.25, -0.2) is 0 Å². The Bertz CT molecular complexity index is 251. The molecule has 0 amide bonds. The van der Waals surface area contributed by atoms with E-state index in [1.807, 2.05) is 18.2 Å². The monoisotopic (exact) mass is 161 g/mol. The Balaban J connectivity index is 2.34. The first-order chi connectivity index (χ1) is 5.77. The maximum Gasteiger partial charge on any atom is 0.122 e. The van der Waals surface area contributed by atoms with Crippen LogP contribution in [0.4, 0.5) is 0 Å². The summed E-state index contributed by atoms with van der Waals surface area (Å²) < 4.78 is 5.72. The molecule has 1 heteroatoms. The summed E-state index contributed by atoms with van der Waals surface area (Å²) in [4.78, 5) is 0. The maximum atomic E-state index is 5.72. The van der Waals surface area contributed by atoms with E-state index in [0.717, 1.165) is 12.2 Å². The minimum atomic E-state index is 0.347. The van der Waals surface area contributed by atoms with Gasteiger partial charge < -0.3 is 4.74 Å². The molecule has 1 radical (unpaired) electrons. The van der Waals surface area contributed by atoms with Crippen LogP contribution in [0.15, 0.2) is 18.2 Å². The molecule has 0 spiro atoms. The van der Waals surface area contributed by atoms with Crippen molar-refractivity contribution in [1.82, 2.24) is 0 Å². The Morgan fingerprint density at radius 3 is 3.17 bits per heavy atom. The highest BCUT2D eigenvalue weighted by Crippen LogP contribution is 2.29. The lowest BCUT2D eigenvalue weighted by atomic mass is 9.93. The van der Waals surface area contributed by atoms with E-state index < -0.39 is 0 Å². The first kappa shape index (κ1) is 7.66. The van der Waals surface area contributed by atoms with Crippen LogP contribution in [0.3, 0.4) is 0 Å². The highest BCUT2D eigenvalue weighted by Gasteiger charge is 2.22. The normalized spacial score (nSPS) is 27.5. The van der Waals surface area contributed by atoms with Gasteiger partial charge in [-0.3, -0.25) is 0 Å². The molecule has 1 aromatic carbocycles. The van der Waals surface area contributed by atoms with Crippen LogP contribution in [-0.4, -0.2) is 6.10 Å². The number of fused-ring (bicyclic) bond motifs is 1. The predicted octanol–water partition coefficient (Wildman–Crippen LogP) is 2.45. The smallest absolute Gasteiger partial charge is 0.122 e. The molecule has 2 rings (SSSR count). The lowest BCUT2D eigenvalue weighted by Crippen LogP contribution is -2.27. The minimum Gasteiger partial charge on any atom is -0.490 e. The van der Waals surface area contributed by atoms with Gasteiger partial charge in [0, 0.05) is 0 Å². The van der Waals surface area contributed by atoms with E-state index >= 15 is 0 Å². The Morgan fingerprint density at radius 2 is 2.33 bits per heavy atom. The summed E-state index contributed by atoms with van der Waals surface area (Å²) in [7, 11) is 0. The highest BCUT2D eigenvalue weighted by molar-refractivity contribution is 5.34. The number of ether oxygens (including phenoxy) is 1. The van der Waals surface area contributed by atoms with Gasteiger partial charge >= 0.3 is 0 Å². The van der Waals surface area contributed by atoms with E-state index in [4.69, 9.17) is 4.74 Å². The van der Waals surface area contributed by atoms with Crippen LogP contribution in [-0.2, 0) is 6.42 Å². The van der Waals surface area contributed by atoms with Crippen LogP contribution < -0.4 is 4.74 Å². The zero-order chi connectivity index (χ0) is 8.55. The lowest BCUT2D eigenvalue weighted by molar-refractivity contribution is 0.140. The third kappa shape index (κ3) is 1.20. The molecule has 1 nitrogen and oxygen atoms in total. The number of hydrogen-bond acceptors (Lipinski definition) is 1. The van der Waals surface area contributed by atoms with Gasteiger partial charge in [0.05, 0.1) is 6.10 Å². The van der Waals surface area contributed by atoms with E-state index in [-0.39, 0.29) is 0 Å². The standard InChI is InChI=1S/C11H13O/c1-8-7-10-5-3-4-6-11(10)12-9(8)2/h4-6,8-9H,7H2,1-2H3. The molecule has 0 aromatic heterocycles. The van der Waals surface area contributed by atoms with Gasteiger partial charge in [-0.1, -0.05) is 13.0 Å². The van der Waals surface area contributed by atoms with E-state index in [0.29, 0.717) is 12.0 Å². The second kappa shape index (κ2) is 2.81. The van der Waals surface area contributed by atoms with Gasteiger partial charge in [-0.2, -0.15) is 0 Å². The zero-order valence-electron chi connectivity index (χ0n) is 7.50. The van der Waals surface area contributed by atoms with E-state index in [1.54, 1.807) is 0 Å². The SMILES string of the molecule is CC1Cc2c[c]ccc2OC1C. The van der Waals surface area contributed by atoms with Gasteiger partial charge in [0.15, 0.2) is 0 Å². The first-order valence-electron chi connectivity index (χ1n) is 4.43. The topological polar surface area (TPSA) is 9.23 Å². The molecule has 2 unspecified atom stereocenters. The summed E-state index contributed by atoms with van der Waals surface area (Å²) >= 11 is 0. The molecule has 1 aliphatic rings. The predicted molar refractivity (Wildman–Crippen MR) is 48.2 cm³/mol. The Kier molecular flexibility index (Phi) is 1.80. The number of hydrogen-bond donors (Lipinski definition) is 0. The second-order valence-electron chi connectivity index (χ2n) is 3.54. The molecular formula is C11H13O. The molecule has 1 aliphatic heterocycles. The van der Waals surface area contributed by atoms with Crippen molar-refractivity contribution in [3.63, 3.8) is 0 Å². The van der Waals surface area contributed by atoms with E-state index in [9.17, 15) is 0 Å².